The number of alkyl halides is 3. The molecule has 1 aromatic carbocycles. The number of ketones is 1. The molecule has 0 unspecified atom stereocenters. The van der Waals surface area contributed by atoms with Gasteiger partial charge in [0.2, 0.25) is 0 Å². The van der Waals surface area contributed by atoms with Gasteiger partial charge in [-0.05, 0) is 50.3 Å². The van der Waals surface area contributed by atoms with E-state index in [9.17, 15) is 31.9 Å². The van der Waals surface area contributed by atoms with E-state index in [2.05, 4.69) is 10.1 Å². The number of rotatable bonds is 9. The zero-order chi connectivity index (χ0) is 30.6. The van der Waals surface area contributed by atoms with Crippen LogP contribution in [0.1, 0.15) is 70.6 Å². The Balaban J connectivity index is 1.67. The van der Waals surface area contributed by atoms with E-state index in [0.717, 1.165) is 27.9 Å². The minimum absolute atomic E-state index is 0.0936. The molecule has 1 amide bonds. The van der Waals surface area contributed by atoms with Gasteiger partial charge in [-0.1, -0.05) is 35.3 Å². The van der Waals surface area contributed by atoms with Crippen LogP contribution in [0, 0.1) is 11.7 Å². The molecule has 2 aromatic heterocycles. The van der Waals surface area contributed by atoms with Crippen molar-refractivity contribution in [3.8, 4) is 0 Å². The molecule has 1 aliphatic carbocycles. The third kappa shape index (κ3) is 7.09. The smallest absolute Gasteiger partial charge is 0.433 e. The van der Waals surface area contributed by atoms with Gasteiger partial charge in [-0.25, -0.2) is 4.39 Å². The lowest BCUT2D eigenvalue weighted by Crippen LogP contribution is -2.37. The molecule has 3 aromatic rings. The van der Waals surface area contributed by atoms with Crippen molar-refractivity contribution in [2.75, 3.05) is 13.2 Å². The second kappa shape index (κ2) is 13.2. The zero-order valence-electron chi connectivity index (χ0n) is 22.3. The van der Waals surface area contributed by atoms with Crippen LogP contribution in [0.2, 0.25) is 10.0 Å². The predicted molar refractivity (Wildman–Crippen MR) is 145 cm³/mol. The number of aromatic nitrogens is 3. The number of Topliss-reactive ketones (excluding diaryl/α,β-unsaturated/α-hetero) is 1. The molecule has 0 bridgehead atoms. The summed E-state index contributed by atoms with van der Waals surface area (Å²) in [4.78, 5) is 43.7. The molecule has 0 aliphatic heterocycles. The van der Waals surface area contributed by atoms with E-state index < -0.39 is 53.4 Å². The SMILES string of the molecule is CCOC(=O)C1CCC(n2ncc(C(=O)N(CC(=O)c3c(Cl)cncc3Cl)Cc3ccc(F)cc3)c2C(F)(F)F)CC1. The van der Waals surface area contributed by atoms with E-state index >= 15 is 0 Å². The molecule has 0 saturated heterocycles. The lowest BCUT2D eigenvalue weighted by molar-refractivity contribution is -0.151. The van der Waals surface area contributed by atoms with Gasteiger partial charge in [0.15, 0.2) is 11.5 Å². The molecule has 0 spiro atoms. The summed E-state index contributed by atoms with van der Waals surface area (Å²) in [5, 5.41) is 3.76. The predicted octanol–water partition coefficient (Wildman–Crippen LogP) is 6.56. The average Bonchev–Trinajstić information content (AvgIpc) is 3.40. The molecule has 0 radical (unpaired) electrons. The highest BCUT2D eigenvalue weighted by atomic mass is 35.5. The van der Waals surface area contributed by atoms with Crippen LogP contribution >= 0.6 is 23.2 Å². The molecule has 1 saturated carbocycles. The Bertz CT molecular complexity index is 1430. The molecular weight excluding hydrogens is 603 g/mol. The number of hydrogen-bond donors (Lipinski definition) is 0. The van der Waals surface area contributed by atoms with Crippen LogP contribution < -0.4 is 0 Å². The van der Waals surface area contributed by atoms with Crippen LogP contribution in [0.15, 0.2) is 42.9 Å². The second-order valence-corrected chi connectivity index (χ2v) is 10.6. The van der Waals surface area contributed by atoms with Gasteiger partial charge in [-0.15, -0.1) is 0 Å². The molecule has 0 atom stereocenters. The Kier molecular flexibility index (Phi) is 9.88. The quantitative estimate of drug-likeness (QED) is 0.151. The third-order valence-corrected chi connectivity index (χ3v) is 7.57. The molecule has 42 heavy (non-hydrogen) atoms. The average molecular weight is 629 g/mol. The van der Waals surface area contributed by atoms with Gasteiger partial charge in [0.1, 0.15) is 5.82 Å². The summed E-state index contributed by atoms with van der Waals surface area (Å²) in [6.45, 7) is 0.873. The van der Waals surface area contributed by atoms with Crippen molar-refractivity contribution in [2.24, 2.45) is 5.92 Å². The van der Waals surface area contributed by atoms with Gasteiger partial charge in [-0.3, -0.25) is 24.0 Å². The fourth-order valence-corrected chi connectivity index (χ4v) is 5.58. The van der Waals surface area contributed by atoms with Crippen molar-refractivity contribution < 1.29 is 36.7 Å². The van der Waals surface area contributed by atoms with Crippen molar-refractivity contribution >= 4 is 40.9 Å². The summed E-state index contributed by atoms with van der Waals surface area (Å²) in [7, 11) is 0. The lowest BCUT2D eigenvalue weighted by atomic mass is 9.86. The molecule has 1 aliphatic rings. The number of esters is 1. The van der Waals surface area contributed by atoms with Crippen molar-refractivity contribution in [1.82, 2.24) is 19.7 Å². The molecule has 224 valence electrons. The number of carbonyl (C=O) groups is 3. The molecule has 14 heteroatoms. The highest BCUT2D eigenvalue weighted by Gasteiger charge is 2.43. The second-order valence-electron chi connectivity index (χ2n) is 9.80. The molecular formula is C28H26Cl2F4N4O4. The Hall–Kier alpha value is -3.51. The number of nitrogens with zero attached hydrogens (tertiary/aromatic N) is 4. The fraction of sp³-hybridized carbons (Fsp3) is 0.393. The van der Waals surface area contributed by atoms with Crippen LogP contribution in [0.25, 0.3) is 0 Å². The zero-order valence-corrected chi connectivity index (χ0v) is 23.8. The maximum absolute atomic E-state index is 14.5. The number of carbonyl (C=O) groups excluding carboxylic acids is 3. The van der Waals surface area contributed by atoms with E-state index in [1.165, 1.54) is 24.5 Å². The van der Waals surface area contributed by atoms with E-state index in [1.807, 2.05) is 0 Å². The van der Waals surface area contributed by atoms with E-state index in [0.29, 0.717) is 18.4 Å². The van der Waals surface area contributed by atoms with Crippen LogP contribution in [0.5, 0.6) is 0 Å². The monoisotopic (exact) mass is 628 g/mol. The number of ether oxygens (including phenoxy) is 1. The highest BCUT2D eigenvalue weighted by Crippen LogP contribution is 2.39. The third-order valence-electron chi connectivity index (χ3n) is 7.00. The van der Waals surface area contributed by atoms with E-state index in [1.54, 1.807) is 6.92 Å². The Labute approximate surface area is 248 Å². The van der Waals surface area contributed by atoms with Crippen molar-refractivity contribution in [3.05, 3.63) is 81.1 Å². The van der Waals surface area contributed by atoms with Crippen LogP contribution in [0.4, 0.5) is 17.6 Å². The highest BCUT2D eigenvalue weighted by molar-refractivity contribution is 6.39. The standard InChI is InChI=1S/C28H26Cl2F4N4O4/c1-2-42-27(41)17-5-9-19(10-6-17)38-25(28(32,33)34)20(11-36-38)26(40)37(14-16-3-7-18(31)8-4-16)15-23(39)24-21(29)12-35-13-22(24)30/h3-4,7-8,11-13,17,19H,2,5-6,9-10,14-15H2,1H3. The molecule has 8 nitrogen and oxygen atoms in total. The first-order valence-corrected chi connectivity index (χ1v) is 13.8. The number of hydrogen-bond acceptors (Lipinski definition) is 6. The lowest BCUT2D eigenvalue weighted by Gasteiger charge is -2.29. The summed E-state index contributed by atoms with van der Waals surface area (Å²) in [5.74, 6) is -3.22. The van der Waals surface area contributed by atoms with Gasteiger partial charge in [0.05, 0.1) is 52.5 Å². The van der Waals surface area contributed by atoms with Crippen molar-refractivity contribution in [1.29, 1.82) is 0 Å². The molecule has 2 heterocycles. The van der Waals surface area contributed by atoms with Gasteiger partial charge < -0.3 is 9.64 Å². The first kappa shape index (κ1) is 31.4. The minimum atomic E-state index is -4.97. The largest absolute Gasteiger partial charge is 0.466 e. The first-order valence-electron chi connectivity index (χ1n) is 13.1. The summed E-state index contributed by atoms with van der Waals surface area (Å²) in [5.41, 5.74) is -1.79. The number of halogens is 6. The Morgan fingerprint density at radius 3 is 2.21 bits per heavy atom. The van der Waals surface area contributed by atoms with E-state index in [4.69, 9.17) is 27.9 Å². The maximum Gasteiger partial charge on any atom is 0.433 e. The van der Waals surface area contributed by atoms with Crippen molar-refractivity contribution in [2.45, 2.75) is 51.4 Å². The number of pyridine rings is 1. The van der Waals surface area contributed by atoms with Gasteiger partial charge >= 0.3 is 12.1 Å². The summed E-state index contributed by atoms with van der Waals surface area (Å²) in [6.07, 6.45) is -0.729. The topological polar surface area (TPSA) is 94.4 Å². The molecule has 4 rings (SSSR count). The Morgan fingerprint density at radius 2 is 1.64 bits per heavy atom. The minimum Gasteiger partial charge on any atom is -0.466 e. The van der Waals surface area contributed by atoms with Crippen molar-refractivity contribution in [3.63, 3.8) is 0 Å². The summed E-state index contributed by atoms with van der Waals surface area (Å²) in [6, 6.07) is 4.24. The number of benzene rings is 1. The first-order chi connectivity index (χ1) is 19.9. The van der Waals surface area contributed by atoms with Crippen LogP contribution in [0.3, 0.4) is 0 Å². The van der Waals surface area contributed by atoms with Gasteiger partial charge in [0, 0.05) is 18.9 Å². The normalized spacial score (nSPS) is 17.1. The Morgan fingerprint density at radius 1 is 1.02 bits per heavy atom. The van der Waals surface area contributed by atoms with Crippen LogP contribution in [-0.4, -0.2) is 50.5 Å². The van der Waals surface area contributed by atoms with Gasteiger partial charge in [0.25, 0.3) is 5.91 Å². The molecule has 1 fully saturated rings. The van der Waals surface area contributed by atoms with Gasteiger partial charge in [-0.2, -0.15) is 18.3 Å². The van der Waals surface area contributed by atoms with E-state index in [-0.39, 0.29) is 47.6 Å². The fourth-order valence-electron chi connectivity index (χ4n) is 5.00. The maximum atomic E-state index is 14.5. The summed E-state index contributed by atoms with van der Waals surface area (Å²) < 4.78 is 62.7. The molecule has 0 N–H and O–H groups in total. The number of amides is 1. The summed E-state index contributed by atoms with van der Waals surface area (Å²) >= 11 is 12.2. The van der Waals surface area contributed by atoms with Crippen LogP contribution in [-0.2, 0) is 22.3 Å².